The van der Waals surface area contributed by atoms with Crippen LogP contribution in [0.2, 0.25) is 0 Å². The molecule has 0 atom stereocenters. The molecule has 0 fully saturated rings. The summed E-state index contributed by atoms with van der Waals surface area (Å²) in [6.07, 6.45) is 2.52. The van der Waals surface area contributed by atoms with Crippen LogP contribution in [-0.4, -0.2) is 20.6 Å². The van der Waals surface area contributed by atoms with Gasteiger partial charge in [-0.1, -0.05) is 0 Å². The molecule has 1 rings (SSSR count). The van der Waals surface area contributed by atoms with Gasteiger partial charge in [-0.3, -0.25) is 4.57 Å². The average molecular weight is 155 g/mol. The van der Waals surface area contributed by atoms with Crippen molar-refractivity contribution < 1.29 is 4.79 Å². The van der Waals surface area contributed by atoms with Crippen LogP contribution in [0.5, 0.6) is 0 Å². The van der Waals surface area contributed by atoms with Crippen molar-refractivity contribution in [2.75, 3.05) is 0 Å². The second kappa shape index (κ2) is 3.14. The van der Waals surface area contributed by atoms with Crippen molar-refractivity contribution >= 4 is 6.29 Å². The van der Waals surface area contributed by atoms with E-state index in [1.807, 2.05) is 0 Å². The first-order valence-corrected chi connectivity index (χ1v) is 3.28. The highest BCUT2D eigenvalue weighted by atomic mass is 16.2. The molecule has 0 aromatic carbocycles. The van der Waals surface area contributed by atoms with E-state index in [0.29, 0.717) is 13.0 Å². The summed E-state index contributed by atoms with van der Waals surface area (Å²) in [5.74, 6) is 0. The van der Waals surface area contributed by atoms with Gasteiger partial charge in [0.1, 0.15) is 12.6 Å². The lowest BCUT2D eigenvalue weighted by Crippen LogP contribution is -2.23. The molecule has 1 heterocycles. The predicted molar refractivity (Wildman–Crippen MR) is 38.1 cm³/mol. The SMILES string of the molecule is Cn1cnn(CCC=O)c1=O. The van der Waals surface area contributed by atoms with Gasteiger partial charge in [0.15, 0.2) is 0 Å². The van der Waals surface area contributed by atoms with E-state index >= 15 is 0 Å². The van der Waals surface area contributed by atoms with Crippen LogP contribution in [-0.2, 0) is 18.4 Å². The summed E-state index contributed by atoms with van der Waals surface area (Å²) in [4.78, 5) is 21.0. The number of aldehydes is 1. The largest absolute Gasteiger partial charge is 0.345 e. The highest BCUT2D eigenvalue weighted by molar-refractivity contribution is 5.48. The Morgan fingerprint density at radius 2 is 2.45 bits per heavy atom. The average Bonchev–Trinajstić information content (AvgIpc) is 2.31. The summed E-state index contributed by atoms with van der Waals surface area (Å²) >= 11 is 0. The number of carbonyl (C=O) groups excluding carboxylic acids is 1. The summed E-state index contributed by atoms with van der Waals surface area (Å²) in [5, 5.41) is 3.76. The third-order valence-electron chi connectivity index (χ3n) is 1.35. The number of aromatic nitrogens is 3. The molecular weight excluding hydrogens is 146 g/mol. The molecule has 0 N–H and O–H groups in total. The van der Waals surface area contributed by atoms with Crippen LogP contribution in [0.1, 0.15) is 6.42 Å². The Hall–Kier alpha value is -1.39. The molecule has 11 heavy (non-hydrogen) atoms. The third-order valence-corrected chi connectivity index (χ3v) is 1.35. The Morgan fingerprint density at radius 1 is 1.73 bits per heavy atom. The second-order valence-electron chi connectivity index (χ2n) is 2.20. The van der Waals surface area contributed by atoms with E-state index in [1.165, 1.54) is 15.6 Å². The van der Waals surface area contributed by atoms with Gasteiger partial charge in [-0.15, -0.1) is 0 Å². The maximum Gasteiger partial charge on any atom is 0.345 e. The number of aryl methyl sites for hydroxylation is 2. The molecule has 1 aromatic rings. The number of hydrogen-bond acceptors (Lipinski definition) is 3. The molecule has 60 valence electrons. The van der Waals surface area contributed by atoms with Gasteiger partial charge >= 0.3 is 5.69 Å². The Bertz CT molecular complexity index is 299. The Balaban J connectivity index is 2.79. The zero-order chi connectivity index (χ0) is 8.27. The topological polar surface area (TPSA) is 56.9 Å². The lowest BCUT2D eigenvalue weighted by Gasteiger charge is -1.91. The van der Waals surface area contributed by atoms with Crippen LogP contribution in [0.15, 0.2) is 11.1 Å². The van der Waals surface area contributed by atoms with E-state index in [1.54, 1.807) is 7.05 Å². The number of hydrogen-bond donors (Lipinski definition) is 0. The van der Waals surface area contributed by atoms with E-state index in [0.717, 1.165) is 6.29 Å². The normalized spacial score (nSPS) is 9.91. The van der Waals surface area contributed by atoms with Crippen molar-refractivity contribution in [2.45, 2.75) is 13.0 Å². The molecule has 5 nitrogen and oxygen atoms in total. The highest BCUT2D eigenvalue weighted by Crippen LogP contribution is 1.78. The quantitative estimate of drug-likeness (QED) is 0.535. The highest BCUT2D eigenvalue weighted by Gasteiger charge is 1.98. The Labute approximate surface area is 63.3 Å². The minimum absolute atomic E-state index is 0.188. The van der Waals surface area contributed by atoms with Crippen molar-refractivity contribution in [2.24, 2.45) is 7.05 Å². The van der Waals surface area contributed by atoms with Crippen molar-refractivity contribution in [3.8, 4) is 0 Å². The fourth-order valence-corrected chi connectivity index (χ4v) is 0.749. The summed E-state index contributed by atoms with van der Waals surface area (Å²) < 4.78 is 2.62. The zero-order valence-electron chi connectivity index (χ0n) is 6.23. The maximum absolute atomic E-state index is 11.0. The lowest BCUT2D eigenvalue weighted by atomic mass is 10.5. The van der Waals surface area contributed by atoms with Crippen molar-refractivity contribution in [3.63, 3.8) is 0 Å². The van der Waals surface area contributed by atoms with E-state index in [2.05, 4.69) is 5.10 Å². The van der Waals surface area contributed by atoms with Crippen molar-refractivity contribution in [3.05, 3.63) is 16.8 Å². The molecule has 0 saturated heterocycles. The zero-order valence-corrected chi connectivity index (χ0v) is 6.23. The molecule has 1 aromatic heterocycles. The second-order valence-corrected chi connectivity index (χ2v) is 2.20. The van der Waals surface area contributed by atoms with E-state index in [9.17, 15) is 9.59 Å². The molecule has 0 amide bonds. The molecule has 0 saturated carbocycles. The van der Waals surface area contributed by atoms with Crippen LogP contribution in [0.25, 0.3) is 0 Å². The lowest BCUT2D eigenvalue weighted by molar-refractivity contribution is -0.108. The van der Waals surface area contributed by atoms with Crippen molar-refractivity contribution in [1.29, 1.82) is 0 Å². The number of rotatable bonds is 3. The monoisotopic (exact) mass is 155 g/mol. The first-order chi connectivity index (χ1) is 5.25. The molecule has 0 spiro atoms. The van der Waals surface area contributed by atoms with Crippen molar-refractivity contribution in [1.82, 2.24) is 14.3 Å². The van der Waals surface area contributed by atoms with Gasteiger partial charge < -0.3 is 4.79 Å². The van der Waals surface area contributed by atoms with Gasteiger partial charge in [0.2, 0.25) is 0 Å². The van der Waals surface area contributed by atoms with Gasteiger partial charge in [0, 0.05) is 13.5 Å². The predicted octanol–water partition coefficient (Wildman–Crippen LogP) is -0.829. The van der Waals surface area contributed by atoms with Crippen LogP contribution < -0.4 is 5.69 Å². The van der Waals surface area contributed by atoms with E-state index in [4.69, 9.17) is 0 Å². The van der Waals surface area contributed by atoms with Crippen LogP contribution in [0.3, 0.4) is 0 Å². The Kier molecular flexibility index (Phi) is 2.20. The molecular formula is C6H9N3O2. The standard InChI is InChI=1S/C6H9N3O2/c1-8-5-7-9(6(8)11)3-2-4-10/h4-5H,2-3H2,1H3. The molecule has 0 radical (unpaired) electrons. The number of nitrogens with zero attached hydrogens (tertiary/aromatic N) is 3. The van der Waals surface area contributed by atoms with Crippen LogP contribution in [0, 0.1) is 0 Å². The summed E-state index contributed by atoms with van der Waals surface area (Å²) in [6, 6.07) is 0. The molecule has 0 aliphatic carbocycles. The van der Waals surface area contributed by atoms with Gasteiger partial charge in [-0.05, 0) is 0 Å². The molecule has 0 bridgehead atoms. The van der Waals surface area contributed by atoms with Gasteiger partial charge in [-0.2, -0.15) is 5.10 Å². The van der Waals surface area contributed by atoms with Gasteiger partial charge in [0.25, 0.3) is 0 Å². The minimum atomic E-state index is -0.188. The molecule has 0 aliphatic heterocycles. The smallest absolute Gasteiger partial charge is 0.303 e. The first-order valence-electron chi connectivity index (χ1n) is 3.28. The van der Waals surface area contributed by atoms with Crippen LogP contribution in [0.4, 0.5) is 0 Å². The maximum atomic E-state index is 11.0. The summed E-state index contributed by atoms with van der Waals surface area (Å²) in [5.41, 5.74) is -0.188. The molecule has 0 unspecified atom stereocenters. The van der Waals surface area contributed by atoms with Gasteiger partial charge in [-0.25, -0.2) is 9.48 Å². The first kappa shape index (κ1) is 7.71. The minimum Gasteiger partial charge on any atom is -0.303 e. The summed E-state index contributed by atoms with van der Waals surface area (Å²) in [7, 11) is 1.62. The molecule has 0 aliphatic rings. The molecule has 5 heteroatoms. The fourth-order valence-electron chi connectivity index (χ4n) is 0.749. The summed E-state index contributed by atoms with van der Waals surface area (Å²) in [6.45, 7) is 0.364. The number of carbonyl (C=O) groups is 1. The van der Waals surface area contributed by atoms with E-state index in [-0.39, 0.29) is 5.69 Å². The van der Waals surface area contributed by atoms with E-state index < -0.39 is 0 Å². The van der Waals surface area contributed by atoms with Gasteiger partial charge in [0.05, 0.1) is 6.54 Å². The van der Waals surface area contributed by atoms with Crippen LogP contribution >= 0.6 is 0 Å². The Morgan fingerprint density at radius 3 is 2.91 bits per heavy atom. The fraction of sp³-hybridized carbons (Fsp3) is 0.500. The third kappa shape index (κ3) is 1.54.